The van der Waals surface area contributed by atoms with Crippen molar-refractivity contribution in [3.05, 3.63) is 82.9 Å². The summed E-state index contributed by atoms with van der Waals surface area (Å²) < 4.78 is 39.7. The van der Waals surface area contributed by atoms with Gasteiger partial charge in [0.05, 0.1) is 24.8 Å². The first-order valence-corrected chi connectivity index (χ1v) is 14.8. The van der Waals surface area contributed by atoms with Gasteiger partial charge in [0.1, 0.15) is 12.6 Å². The Morgan fingerprint density at radius 3 is 2.07 bits per heavy atom. The maximum absolute atomic E-state index is 14.0. The topological polar surface area (TPSA) is 105 Å². The van der Waals surface area contributed by atoms with Gasteiger partial charge in [-0.15, -0.1) is 0 Å². The highest BCUT2D eigenvalue weighted by molar-refractivity contribution is 7.92. The van der Waals surface area contributed by atoms with Crippen LogP contribution in [0.4, 0.5) is 5.69 Å². The highest BCUT2D eigenvalue weighted by Crippen LogP contribution is 2.34. The Bertz CT molecular complexity index is 1460. The Morgan fingerprint density at radius 1 is 0.902 bits per heavy atom. The van der Waals surface area contributed by atoms with Crippen LogP contribution in [-0.2, 0) is 26.2 Å². The molecule has 0 bridgehead atoms. The molecule has 3 aromatic carbocycles. The third-order valence-corrected chi connectivity index (χ3v) is 8.45. The summed E-state index contributed by atoms with van der Waals surface area (Å²) in [4.78, 5) is 28.4. The summed E-state index contributed by atoms with van der Waals surface area (Å²) in [7, 11) is -1.30. The molecule has 0 spiro atoms. The first-order valence-electron chi connectivity index (χ1n) is 13.0. The van der Waals surface area contributed by atoms with Crippen molar-refractivity contribution in [3.63, 3.8) is 0 Å². The van der Waals surface area contributed by atoms with Gasteiger partial charge in [0.25, 0.3) is 10.0 Å². The molecule has 0 saturated heterocycles. The molecule has 0 saturated carbocycles. The molecular weight excluding hydrogens is 566 g/mol. The molecule has 0 radical (unpaired) electrons. The van der Waals surface area contributed by atoms with E-state index in [1.807, 2.05) is 20.8 Å². The number of nitrogens with zero attached hydrogens (tertiary/aromatic N) is 2. The number of benzene rings is 3. The lowest BCUT2D eigenvalue weighted by atomic mass is 10.1. The number of carbonyl (C=O) groups is 2. The van der Waals surface area contributed by atoms with E-state index in [1.165, 1.54) is 37.3 Å². The Balaban J connectivity index is 2.08. The molecule has 41 heavy (non-hydrogen) atoms. The van der Waals surface area contributed by atoms with E-state index in [4.69, 9.17) is 21.1 Å². The number of ether oxygens (including phenoxy) is 2. The van der Waals surface area contributed by atoms with Gasteiger partial charge in [-0.05, 0) is 69.7 Å². The first kappa shape index (κ1) is 31.8. The van der Waals surface area contributed by atoms with Crippen molar-refractivity contribution in [2.24, 2.45) is 0 Å². The zero-order valence-corrected chi connectivity index (χ0v) is 25.6. The van der Waals surface area contributed by atoms with Gasteiger partial charge in [0.2, 0.25) is 11.8 Å². The van der Waals surface area contributed by atoms with Crippen molar-refractivity contribution in [3.8, 4) is 11.5 Å². The van der Waals surface area contributed by atoms with Crippen molar-refractivity contribution in [2.75, 3.05) is 25.1 Å². The molecule has 11 heteroatoms. The fourth-order valence-corrected chi connectivity index (χ4v) is 5.65. The van der Waals surface area contributed by atoms with E-state index in [9.17, 15) is 18.0 Å². The zero-order chi connectivity index (χ0) is 30.3. The minimum atomic E-state index is -4.22. The number of sulfonamides is 1. The van der Waals surface area contributed by atoms with Crippen LogP contribution in [0.3, 0.4) is 0 Å². The monoisotopic (exact) mass is 601 g/mol. The molecule has 0 unspecified atom stereocenters. The molecule has 1 atom stereocenters. The van der Waals surface area contributed by atoms with E-state index in [1.54, 1.807) is 55.5 Å². The average Bonchev–Trinajstić information content (AvgIpc) is 2.94. The third-order valence-electron chi connectivity index (χ3n) is 6.41. The van der Waals surface area contributed by atoms with Crippen molar-refractivity contribution in [1.29, 1.82) is 0 Å². The largest absolute Gasteiger partial charge is 0.493 e. The standard InChI is InChI=1S/C30H36ClN3O6S/c1-20(2)32-30(36)22(4)33(18-23-9-11-24(31)12-10-23)29(35)19-34(25-13-16-27(39-5)28(17-25)40-6)41(37,38)26-14-7-21(3)8-15-26/h7-17,20,22H,18-19H2,1-6H3,(H,32,36)/t22-/m1/s1. The van der Waals surface area contributed by atoms with Gasteiger partial charge in [-0.1, -0.05) is 41.4 Å². The number of carbonyl (C=O) groups excluding carboxylic acids is 2. The lowest BCUT2D eigenvalue weighted by Gasteiger charge is -2.32. The van der Waals surface area contributed by atoms with E-state index in [2.05, 4.69) is 5.32 Å². The Kier molecular flexibility index (Phi) is 10.6. The molecule has 0 aliphatic rings. The van der Waals surface area contributed by atoms with Gasteiger partial charge in [-0.2, -0.15) is 0 Å². The van der Waals surface area contributed by atoms with Gasteiger partial charge in [0, 0.05) is 23.7 Å². The molecule has 3 aromatic rings. The maximum atomic E-state index is 14.0. The average molecular weight is 602 g/mol. The summed E-state index contributed by atoms with van der Waals surface area (Å²) in [6.07, 6.45) is 0. The number of amides is 2. The number of anilines is 1. The molecule has 0 aliphatic carbocycles. The summed E-state index contributed by atoms with van der Waals surface area (Å²) in [6, 6.07) is 16.8. The van der Waals surface area contributed by atoms with E-state index < -0.39 is 28.5 Å². The van der Waals surface area contributed by atoms with Gasteiger partial charge in [-0.25, -0.2) is 8.42 Å². The van der Waals surface area contributed by atoms with Crippen molar-refractivity contribution in [1.82, 2.24) is 10.2 Å². The number of rotatable bonds is 12. The third kappa shape index (κ3) is 7.92. The smallest absolute Gasteiger partial charge is 0.264 e. The summed E-state index contributed by atoms with van der Waals surface area (Å²) in [5.41, 5.74) is 1.81. The summed E-state index contributed by atoms with van der Waals surface area (Å²) >= 11 is 6.04. The van der Waals surface area contributed by atoms with Crippen LogP contribution in [-0.4, -0.2) is 58.0 Å². The van der Waals surface area contributed by atoms with Crippen LogP contribution in [0.15, 0.2) is 71.6 Å². The van der Waals surface area contributed by atoms with Gasteiger partial charge < -0.3 is 19.7 Å². The van der Waals surface area contributed by atoms with E-state index >= 15 is 0 Å². The Labute approximate surface area is 247 Å². The molecule has 0 heterocycles. The van der Waals surface area contributed by atoms with Crippen LogP contribution in [0.1, 0.15) is 31.9 Å². The SMILES string of the molecule is COc1ccc(N(CC(=O)N(Cc2ccc(Cl)cc2)[C@H](C)C(=O)NC(C)C)S(=O)(=O)c2ccc(C)cc2)cc1OC. The second-order valence-corrected chi connectivity index (χ2v) is 12.2. The quantitative estimate of drug-likeness (QED) is 0.320. The van der Waals surface area contributed by atoms with Crippen LogP contribution in [0, 0.1) is 6.92 Å². The number of hydrogen-bond donors (Lipinski definition) is 1. The number of halogens is 1. The lowest BCUT2D eigenvalue weighted by Crippen LogP contribution is -2.52. The second-order valence-electron chi connectivity index (χ2n) is 9.85. The number of hydrogen-bond acceptors (Lipinski definition) is 6. The number of methoxy groups -OCH3 is 2. The van der Waals surface area contributed by atoms with Gasteiger partial charge in [0.15, 0.2) is 11.5 Å². The Hall–Kier alpha value is -3.76. The summed E-state index contributed by atoms with van der Waals surface area (Å²) in [5.74, 6) is -0.235. The molecule has 9 nitrogen and oxygen atoms in total. The van der Waals surface area contributed by atoms with Crippen molar-refractivity contribution >= 4 is 39.1 Å². The van der Waals surface area contributed by atoms with Crippen molar-refractivity contribution < 1.29 is 27.5 Å². The normalized spacial score (nSPS) is 12.0. The second kappa shape index (κ2) is 13.7. The molecule has 0 fully saturated rings. The van der Waals surface area contributed by atoms with Crippen LogP contribution < -0.4 is 19.1 Å². The minimum Gasteiger partial charge on any atom is -0.493 e. The molecular formula is C30H36ClN3O6S. The summed E-state index contributed by atoms with van der Waals surface area (Å²) in [5, 5.41) is 3.36. The fraction of sp³-hybridized carbons (Fsp3) is 0.333. The van der Waals surface area contributed by atoms with Crippen LogP contribution in [0.5, 0.6) is 11.5 Å². The van der Waals surface area contributed by atoms with Crippen LogP contribution in [0.2, 0.25) is 5.02 Å². The lowest BCUT2D eigenvalue weighted by molar-refractivity contribution is -0.139. The fourth-order valence-electron chi connectivity index (χ4n) is 4.12. The predicted molar refractivity (Wildman–Crippen MR) is 160 cm³/mol. The predicted octanol–water partition coefficient (Wildman–Crippen LogP) is 4.80. The number of nitrogens with one attached hydrogen (secondary N) is 1. The van der Waals surface area contributed by atoms with Crippen LogP contribution in [0.25, 0.3) is 0 Å². The first-order chi connectivity index (χ1) is 19.4. The minimum absolute atomic E-state index is 0.0144. The van der Waals surface area contributed by atoms with Gasteiger partial charge >= 0.3 is 0 Å². The highest BCUT2D eigenvalue weighted by atomic mass is 35.5. The van der Waals surface area contributed by atoms with E-state index in [0.29, 0.717) is 16.5 Å². The molecule has 1 N–H and O–H groups in total. The molecule has 0 aliphatic heterocycles. The molecule has 220 valence electrons. The van der Waals surface area contributed by atoms with Gasteiger partial charge in [-0.3, -0.25) is 13.9 Å². The van der Waals surface area contributed by atoms with Crippen LogP contribution >= 0.6 is 11.6 Å². The Morgan fingerprint density at radius 2 is 1.51 bits per heavy atom. The van der Waals surface area contributed by atoms with Crippen molar-refractivity contribution in [2.45, 2.75) is 51.2 Å². The zero-order valence-electron chi connectivity index (χ0n) is 24.0. The van der Waals surface area contributed by atoms with E-state index in [0.717, 1.165) is 15.4 Å². The molecule has 2 amide bonds. The van der Waals surface area contributed by atoms with E-state index in [-0.39, 0.29) is 29.1 Å². The molecule has 0 aromatic heterocycles. The number of aryl methyl sites for hydroxylation is 1. The maximum Gasteiger partial charge on any atom is 0.264 e. The highest BCUT2D eigenvalue weighted by Gasteiger charge is 2.33. The summed E-state index contributed by atoms with van der Waals surface area (Å²) in [6.45, 7) is 6.60. The molecule has 3 rings (SSSR count).